The van der Waals surface area contributed by atoms with E-state index in [1.807, 2.05) is 0 Å². The summed E-state index contributed by atoms with van der Waals surface area (Å²) in [5.74, 6) is -11.1. The molecule has 0 heterocycles. The summed E-state index contributed by atoms with van der Waals surface area (Å²) in [6.07, 6.45) is -1.72. The quantitative estimate of drug-likeness (QED) is 0.340. The van der Waals surface area contributed by atoms with Gasteiger partial charge in [0.05, 0.1) is 29.2 Å². The number of ketones is 3. The normalized spacial score (nSPS) is 33.3. The summed E-state index contributed by atoms with van der Waals surface area (Å²) in [7, 11) is 2.86. The van der Waals surface area contributed by atoms with Gasteiger partial charge in [-0.25, -0.2) is 0 Å². The maximum Gasteiger partial charge on any atom is 0.235 e. The molecule has 1 amide bonds. The lowest BCUT2D eigenvalue weighted by atomic mass is 9.53. The molecule has 33 heavy (non-hydrogen) atoms. The van der Waals surface area contributed by atoms with Crippen LogP contribution in [0.3, 0.4) is 0 Å². The van der Waals surface area contributed by atoms with Crippen LogP contribution in [0, 0.1) is 17.8 Å². The number of likely N-dealkylation sites (N-methyl/N-ethyl adjacent to an activating group) is 1. The van der Waals surface area contributed by atoms with E-state index in [0.717, 1.165) is 0 Å². The van der Waals surface area contributed by atoms with Gasteiger partial charge in [0.2, 0.25) is 11.7 Å². The Morgan fingerprint density at radius 2 is 1.79 bits per heavy atom. The van der Waals surface area contributed by atoms with Crippen LogP contribution in [-0.4, -0.2) is 80.4 Å². The molecule has 0 aliphatic heterocycles. The SMILES string of the molecule is C=C1c2cccc(O)c2C(O)=C2C(=O)C3(O)C(=O)C(C(N)=O)C(=O)C(N(C)C)C3C(O)C12.Cl. The van der Waals surface area contributed by atoms with Gasteiger partial charge in [-0.3, -0.25) is 24.1 Å². The second-order valence-electron chi connectivity index (χ2n) is 8.59. The lowest BCUT2D eigenvalue weighted by Crippen LogP contribution is -2.75. The molecule has 3 aliphatic rings. The summed E-state index contributed by atoms with van der Waals surface area (Å²) < 4.78 is 0. The first-order chi connectivity index (χ1) is 14.9. The molecule has 6 atom stereocenters. The Labute approximate surface area is 194 Å². The second kappa shape index (κ2) is 7.77. The predicted octanol–water partition coefficient (Wildman–Crippen LogP) is -0.799. The third kappa shape index (κ3) is 2.91. The number of halogens is 1. The predicted molar refractivity (Wildman–Crippen MR) is 117 cm³/mol. The molecule has 0 bridgehead atoms. The van der Waals surface area contributed by atoms with E-state index in [-0.39, 0.29) is 34.9 Å². The highest BCUT2D eigenvalue weighted by molar-refractivity contribution is 6.33. The van der Waals surface area contributed by atoms with E-state index < -0.39 is 70.1 Å². The molecule has 1 aromatic rings. The zero-order valence-corrected chi connectivity index (χ0v) is 18.5. The molecule has 0 radical (unpaired) electrons. The van der Waals surface area contributed by atoms with E-state index in [4.69, 9.17) is 5.73 Å². The van der Waals surface area contributed by atoms with Crippen molar-refractivity contribution in [3.8, 4) is 5.75 Å². The van der Waals surface area contributed by atoms with Crippen molar-refractivity contribution < 1.29 is 39.6 Å². The number of phenolic OH excluding ortho intramolecular Hbond substituents is 1. The second-order valence-corrected chi connectivity index (χ2v) is 8.59. The maximum absolute atomic E-state index is 13.6. The number of Topliss-reactive ketones (excluding diaryl/α,β-unsaturated/α-hetero) is 3. The third-order valence-electron chi connectivity index (χ3n) is 6.74. The van der Waals surface area contributed by atoms with Crippen molar-refractivity contribution in [1.82, 2.24) is 4.90 Å². The molecule has 6 N–H and O–H groups in total. The number of hydrogen-bond donors (Lipinski definition) is 5. The molecule has 4 rings (SSSR count). The molecule has 2 saturated carbocycles. The highest BCUT2D eigenvalue weighted by atomic mass is 35.5. The van der Waals surface area contributed by atoms with Gasteiger partial charge in [-0.05, 0) is 31.3 Å². The van der Waals surface area contributed by atoms with Crippen molar-refractivity contribution >= 4 is 47.0 Å². The molecule has 10 nitrogen and oxygen atoms in total. The molecule has 0 spiro atoms. The first-order valence-electron chi connectivity index (χ1n) is 9.81. The number of carbonyl (C=O) groups excluding carboxylic acids is 4. The van der Waals surface area contributed by atoms with Crippen molar-refractivity contribution in [2.24, 2.45) is 23.5 Å². The number of hydrogen-bond acceptors (Lipinski definition) is 9. The Hall–Kier alpha value is -3.05. The Morgan fingerprint density at radius 1 is 1.18 bits per heavy atom. The minimum Gasteiger partial charge on any atom is -0.507 e. The van der Waals surface area contributed by atoms with Gasteiger partial charge in [0.1, 0.15) is 11.5 Å². The number of aliphatic hydroxyl groups is 3. The Kier molecular flexibility index (Phi) is 5.79. The summed E-state index contributed by atoms with van der Waals surface area (Å²) in [4.78, 5) is 52.9. The summed E-state index contributed by atoms with van der Waals surface area (Å²) in [6.45, 7) is 3.90. The van der Waals surface area contributed by atoms with Gasteiger partial charge in [-0.15, -0.1) is 12.4 Å². The van der Waals surface area contributed by atoms with E-state index >= 15 is 0 Å². The van der Waals surface area contributed by atoms with Gasteiger partial charge < -0.3 is 26.2 Å². The highest BCUT2D eigenvalue weighted by Crippen LogP contribution is 2.54. The first kappa shape index (κ1) is 24.6. The number of benzene rings is 1. The average molecular weight is 479 g/mol. The van der Waals surface area contributed by atoms with Crippen LogP contribution in [0.2, 0.25) is 0 Å². The number of aliphatic hydroxyl groups excluding tert-OH is 2. The molecule has 2 fully saturated rings. The first-order valence-corrected chi connectivity index (χ1v) is 9.81. The number of carbonyl (C=O) groups is 4. The van der Waals surface area contributed by atoms with Gasteiger partial charge >= 0.3 is 0 Å². The molecule has 3 aliphatic carbocycles. The Morgan fingerprint density at radius 3 is 2.33 bits per heavy atom. The van der Waals surface area contributed by atoms with Gasteiger partial charge in [-0.1, -0.05) is 18.7 Å². The maximum atomic E-state index is 13.6. The molecule has 11 heteroatoms. The highest BCUT2D eigenvalue weighted by Gasteiger charge is 2.71. The van der Waals surface area contributed by atoms with Crippen molar-refractivity contribution in [2.75, 3.05) is 14.1 Å². The Balaban J connectivity index is 0.00000306. The van der Waals surface area contributed by atoms with Crippen LogP contribution in [-0.2, 0) is 19.2 Å². The number of rotatable bonds is 2. The number of nitrogens with zero attached hydrogens (tertiary/aromatic N) is 1. The summed E-state index contributed by atoms with van der Waals surface area (Å²) >= 11 is 0. The van der Waals surface area contributed by atoms with Crippen LogP contribution >= 0.6 is 12.4 Å². The lowest BCUT2D eigenvalue weighted by molar-refractivity contribution is -0.185. The van der Waals surface area contributed by atoms with E-state index in [2.05, 4.69) is 6.58 Å². The van der Waals surface area contributed by atoms with Gasteiger partial charge in [0.25, 0.3) is 0 Å². The van der Waals surface area contributed by atoms with Crippen LogP contribution in [0.5, 0.6) is 5.75 Å². The van der Waals surface area contributed by atoms with E-state index in [1.165, 1.54) is 37.2 Å². The minimum absolute atomic E-state index is 0. The summed E-state index contributed by atoms with van der Waals surface area (Å²) in [6, 6.07) is 2.86. The molecular weight excluding hydrogens is 456 g/mol. The van der Waals surface area contributed by atoms with Gasteiger partial charge in [0, 0.05) is 5.92 Å². The smallest absolute Gasteiger partial charge is 0.235 e. The molecule has 176 valence electrons. The number of amides is 1. The van der Waals surface area contributed by atoms with Gasteiger partial charge in [-0.2, -0.15) is 0 Å². The largest absolute Gasteiger partial charge is 0.507 e. The fourth-order valence-electron chi connectivity index (χ4n) is 5.35. The molecule has 0 saturated heterocycles. The van der Waals surface area contributed by atoms with Crippen LogP contribution < -0.4 is 5.73 Å². The fraction of sp³-hybridized carbons (Fsp3) is 0.364. The van der Waals surface area contributed by atoms with E-state index in [1.54, 1.807) is 0 Å². The van der Waals surface area contributed by atoms with Crippen molar-refractivity contribution in [1.29, 1.82) is 0 Å². The number of phenols is 1. The van der Waals surface area contributed by atoms with Crippen molar-refractivity contribution in [3.05, 3.63) is 41.5 Å². The molecule has 1 aromatic carbocycles. The number of nitrogens with two attached hydrogens (primary N) is 1. The van der Waals surface area contributed by atoms with Crippen molar-refractivity contribution in [3.63, 3.8) is 0 Å². The minimum atomic E-state index is -3.01. The van der Waals surface area contributed by atoms with Crippen LogP contribution in [0.15, 0.2) is 30.4 Å². The summed E-state index contributed by atoms with van der Waals surface area (Å²) in [5, 5.41) is 43.9. The number of primary amides is 1. The lowest BCUT2D eigenvalue weighted by Gasteiger charge is -2.53. The molecule has 0 aromatic heterocycles. The average Bonchev–Trinajstić information content (AvgIpc) is 2.70. The fourth-order valence-corrected chi connectivity index (χ4v) is 5.35. The van der Waals surface area contributed by atoms with Gasteiger partial charge in [0.15, 0.2) is 23.1 Å². The topological polar surface area (TPSA) is 178 Å². The monoisotopic (exact) mass is 478 g/mol. The van der Waals surface area contributed by atoms with E-state index in [9.17, 15) is 39.6 Å². The van der Waals surface area contributed by atoms with Crippen molar-refractivity contribution in [2.45, 2.75) is 17.7 Å². The summed E-state index contributed by atoms with van der Waals surface area (Å²) in [5.41, 5.74) is 1.98. The molecule has 6 unspecified atom stereocenters. The third-order valence-corrected chi connectivity index (χ3v) is 6.74. The Bertz CT molecular complexity index is 1160. The number of aromatic hydroxyl groups is 1. The number of fused-ring (bicyclic) bond motifs is 3. The van der Waals surface area contributed by atoms with E-state index in [0.29, 0.717) is 0 Å². The molecular formula is C22H23ClN2O8. The van der Waals surface area contributed by atoms with Crippen LogP contribution in [0.1, 0.15) is 11.1 Å². The zero-order valence-electron chi connectivity index (χ0n) is 17.7. The van der Waals surface area contributed by atoms with Crippen LogP contribution in [0.25, 0.3) is 11.3 Å². The standard InChI is InChI=1S/C22H22N2O8.ClH/c1-7-8-5-4-6-9(25)11(8)16(26)12-10(7)17(27)14-15(24(2)3)18(28)13(21(23)31)20(30)22(14,32)19(12)29;/h4-6,10,13-15,17,25-27,32H,1H2,2-3H3,(H2,23,31);1H. The van der Waals surface area contributed by atoms with Crippen LogP contribution in [0.4, 0.5) is 0 Å². The zero-order chi connectivity index (χ0) is 23.9.